The molecule has 22 heavy (non-hydrogen) atoms. The summed E-state index contributed by atoms with van der Waals surface area (Å²) in [5.74, 6) is 0.950. The van der Waals surface area contributed by atoms with E-state index in [-0.39, 0.29) is 11.9 Å². The number of nitrogens with zero attached hydrogens (tertiary/aromatic N) is 1. The van der Waals surface area contributed by atoms with Crippen molar-refractivity contribution in [1.29, 1.82) is 0 Å². The minimum Gasteiger partial charge on any atom is -0.491 e. The molecule has 0 amide bonds. The first-order chi connectivity index (χ1) is 10.3. The minimum absolute atomic E-state index is 0.122. The summed E-state index contributed by atoms with van der Waals surface area (Å²) in [6.45, 7) is 3.97. The van der Waals surface area contributed by atoms with Crippen LogP contribution in [0.3, 0.4) is 0 Å². The molecular weight excluding hydrogens is 320 g/mol. The van der Waals surface area contributed by atoms with Crippen LogP contribution < -0.4 is 10.1 Å². The maximum absolute atomic E-state index is 11.2. The molecule has 1 N–H and O–H groups in total. The molecule has 0 aliphatic heterocycles. The SMILES string of the molecule is CC(C)Oc1ccc(Nc2nc(CCS(C)(=O)=O)cs2)cc1. The second kappa shape index (κ2) is 7.11. The molecule has 2 aromatic rings. The third-order valence-corrected chi connectivity index (χ3v) is 4.51. The molecular formula is C15H20N2O3S2. The van der Waals surface area contributed by atoms with E-state index in [2.05, 4.69) is 10.3 Å². The zero-order valence-electron chi connectivity index (χ0n) is 12.9. The van der Waals surface area contributed by atoms with E-state index in [9.17, 15) is 8.42 Å². The Balaban J connectivity index is 1.95. The van der Waals surface area contributed by atoms with E-state index in [0.29, 0.717) is 6.42 Å². The van der Waals surface area contributed by atoms with Crippen molar-refractivity contribution in [3.63, 3.8) is 0 Å². The molecule has 120 valence electrons. The van der Waals surface area contributed by atoms with E-state index in [0.717, 1.165) is 22.3 Å². The van der Waals surface area contributed by atoms with Crippen LogP contribution >= 0.6 is 11.3 Å². The lowest BCUT2D eigenvalue weighted by molar-refractivity contribution is 0.242. The van der Waals surface area contributed by atoms with Gasteiger partial charge < -0.3 is 10.1 Å². The Morgan fingerprint density at radius 3 is 2.55 bits per heavy atom. The van der Waals surface area contributed by atoms with Gasteiger partial charge in [-0.25, -0.2) is 13.4 Å². The second-order valence-corrected chi connectivity index (χ2v) is 8.46. The van der Waals surface area contributed by atoms with Gasteiger partial charge in [-0.1, -0.05) is 0 Å². The normalized spacial score (nSPS) is 11.6. The van der Waals surface area contributed by atoms with Gasteiger partial charge in [-0.15, -0.1) is 11.3 Å². The van der Waals surface area contributed by atoms with E-state index in [1.54, 1.807) is 0 Å². The zero-order valence-corrected chi connectivity index (χ0v) is 14.5. The molecule has 0 radical (unpaired) electrons. The van der Waals surface area contributed by atoms with E-state index in [1.165, 1.54) is 17.6 Å². The van der Waals surface area contributed by atoms with Crippen LogP contribution in [-0.4, -0.2) is 31.5 Å². The largest absolute Gasteiger partial charge is 0.491 e. The highest BCUT2D eigenvalue weighted by molar-refractivity contribution is 7.90. The van der Waals surface area contributed by atoms with Crippen molar-refractivity contribution >= 4 is 32.0 Å². The fraction of sp³-hybridized carbons (Fsp3) is 0.400. The number of thiazole rings is 1. The fourth-order valence-corrected chi connectivity index (χ4v) is 3.13. The topological polar surface area (TPSA) is 68.3 Å². The Morgan fingerprint density at radius 1 is 1.27 bits per heavy atom. The zero-order chi connectivity index (χ0) is 16.2. The number of aromatic nitrogens is 1. The summed E-state index contributed by atoms with van der Waals surface area (Å²) in [7, 11) is -2.96. The number of anilines is 2. The highest BCUT2D eigenvalue weighted by Gasteiger charge is 2.07. The van der Waals surface area contributed by atoms with Crippen molar-refractivity contribution < 1.29 is 13.2 Å². The van der Waals surface area contributed by atoms with E-state index < -0.39 is 9.84 Å². The summed E-state index contributed by atoms with van der Waals surface area (Å²) >= 11 is 1.46. The maximum Gasteiger partial charge on any atom is 0.187 e. The van der Waals surface area contributed by atoms with Gasteiger partial charge in [0.05, 0.1) is 17.6 Å². The van der Waals surface area contributed by atoms with Crippen molar-refractivity contribution in [2.24, 2.45) is 0 Å². The van der Waals surface area contributed by atoms with E-state index in [4.69, 9.17) is 4.74 Å². The van der Waals surface area contributed by atoms with Gasteiger partial charge in [-0.05, 0) is 38.1 Å². The summed E-state index contributed by atoms with van der Waals surface area (Å²) in [4.78, 5) is 4.39. The summed E-state index contributed by atoms with van der Waals surface area (Å²) in [6, 6.07) is 7.66. The van der Waals surface area contributed by atoms with Crippen molar-refractivity contribution in [3.8, 4) is 5.75 Å². The first-order valence-electron chi connectivity index (χ1n) is 6.98. The first kappa shape index (κ1) is 16.8. The van der Waals surface area contributed by atoms with Crippen molar-refractivity contribution in [3.05, 3.63) is 35.3 Å². The third-order valence-electron chi connectivity index (χ3n) is 2.76. The molecule has 0 atom stereocenters. The summed E-state index contributed by atoms with van der Waals surface area (Å²) in [5, 5.41) is 5.83. The van der Waals surface area contributed by atoms with Crippen LogP contribution in [0, 0.1) is 0 Å². The minimum atomic E-state index is -2.96. The molecule has 5 nitrogen and oxygen atoms in total. The predicted molar refractivity (Wildman–Crippen MR) is 91.0 cm³/mol. The van der Waals surface area contributed by atoms with E-state index >= 15 is 0 Å². The lowest BCUT2D eigenvalue weighted by Crippen LogP contribution is -2.06. The van der Waals surface area contributed by atoms with Gasteiger partial charge in [0.1, 0.15) is 15.6 Å². The average Bonchev–Trinajstić information content (AvgIpc) is 2.85. The van der Waals surface area contributed by atoms with Gasteiger partial charge in [-0.3, -0.25) is 0 Å². The van der Waals surface area contributed by atoms with Gasteiger partial charge in [-0.2, -0.15) is 0 Å². The smallest absolute Gasteiger partial charge is 0.187 e. The molecule has 0 unspecified atom stereocenters. The summed E-state index contributed by atoms with van der Waals surface area (Å²) in [5.41, 5.74) is 1.71. The van der Waals surface area contributed by atoms with Crippen molar-refractivity contribution in [1.82, 2.24) is 4.98 Å². The van der Waals surface area contributed by atoms with Crippen LogP contribution in [0.4, 0.5) is 10.8 Å². The highest BCUT2D eigenvalue weighted by atomic mass is 32.2. The van der Waals surface area contributed by atoms with Crippen molar-refractivity contribution in [2.75, 3.05) is 17.3 Å². The van der Waals surface area contributed by atoms with Crippen LogP contribution in [0.5, 0.6) is 5.75 Å². The highest BCUT2D eigenvalue weighted by Crippen LogP contribution is 2.23. The Bertz CT molecular complexity index is 707. The van der Waals surface area contributed by atoms with Gasteiger partial charge >= 0.3 is 0 Å². The molecule has 0 aliphatic carbocycles. The number of rotatable bonds is 7. The Hall–Kier alpha value is -1.60. The molecule has 0 bridgehead atoms. The number of aryl methyl sites for hydroxylation is 1. The molecule has 0 saturated heterocycles. The fourth-order valence-electron chi connectivity index (χ4n) is 1.78. The van der Waals surface area contributed by atoms with Crippen LogP contribution in [0.2, 0.25) is 0 Å². The molecule has 0 fully saturated rings. The lowest BCUT2D eigenvalue weighted by atomic mass is 10.3. The molecule has 7 heteroatoms. The van der Waals surface area contributed by atoms with Gasteiger partial charge in [0.25, 0.3) is 0 Å². The van der Waals surface area contributed by atoms with Crippen LogP contribution in [-0.2, 0) is 16.3 Å². The van der Waals surface area contributed by atoms with Crippen LogP contribution in [0.25, 0.3) is 0 Å². The van der Waals surface area contributed by atoms with Crippen molar-refractivity contribution in [2.45, 2.75) is 26.4 Å². The standard InChI is InChI=1S/C15H20N2O3S2/c1-11(2)20-14-6-4-12(5-7-14)16-15-17-13(10-21-15)8-9-22(3,18)19/h4-7,10-11H,8-9H2,1-3H3,(H,16,17). The quantitative estimate of drug-likeness (QED) is 0.838. The second-order valence-electron chi connectivity index (χ2n) is 5.34. The van der Waals surface area contributed by atoms with Gasteiger partial charge in [0.15, 0.2) is 5.13 Å². The molecule has 0 aliphatic rings. The first-order valence-corrected chi connectivity index (χ1v) is 9.92. The van der Waals surface area contributed by atoms with E-state index in [1.807, 2.05) is 43.5 Å². The number of sulfone groups is 1. The Labute approximate surface area is 135 Å². The van der Waals surface area contributed by atoms with Gasteiger partial charge in [0.2, 0.25) is 0 Å². The lowest BCUT2D eigenvalue weighted by Gasteiger charge is -2.10. The molecule has 0 spiro atoms. The van der Waals surface area contributed by atoms with Gasteiger partial charge in [0, 0.05) is 23.7 Å². The Kier molecular flexibility index (Phi) is 5.42. The Morgan fingerprint density at radius 2 is 1.95 bits per heavy atom. The number of nitrogens with one attached hydrogen (secondary N) is 1. The molecule has 2 rings (SSSR count). The average molecular weight is 340 g/mol. The number of hydrogen-bond donors (Lipinski definition) is 1. The number of benzene rings is 1. The molecule has 1 aromatic heterocycles. The maximum atomic E-state index is 11.2. The number of hydrogen-bond acceptors (Lipinski definition) is 6. The molecule has 0 saturated carbocycles. The third kappa shape index (κ3) is 5.65. The molecule has 1 aromatic carbocycles. The molecule has 1 heterocycles. The predicted octanol–water partition coefficient (Wildman–Crippen LogP) is 3.26. The van der Waals surface area contributed by atoms with Crippen LogP contribution in [0.15, 0.2) is 29.6 Å². The number of ether oxygens (including phenoxy) is 1. The van der Waals surface area contributed by atoms with Crippen LogP contribution in [0.1, 0.15) is 19.5 Å². The monoisotopic (exact) mass is 340 g/mol. The summed E-state index contributed by atoms with van der Waals surface area (Å²) in [6.07, 6.45) is 1.83. The summed E-state index contributed by atoms with van der Waals surface area (Å²) < 4.78 is 27.9.